The number of benzene rings is 1. The molecule has 0 aliphatic heterocycles. The summed E-state index contributed by atoms with van der Waals surface area (Å²) >= 11 is 0. The molecule has 1 aliphatic rings. The van der Waals surface area contributed by atoms with Crippen molar-refractivity contribution in [1.82, 2.24) is 10.1 Å². The van der Waals surface area contributed by atoms with Crippen molar-refractivity contribution in [3.8, 4) is 0 Å². The third-order valence-corrected chi connectivity index (χ3v) is 3.88. The summed E-state index contributed by atoms with van der Waals surface area (Å²) in [5.41, 5.74) is 8.83. The van der Waals surface area contributed by atoms with Crippen LogP contribution in [-0.2, 0) is 12.8 Å². The van der Waals surface area contributed by atoms with E-state index < -0.39 is 0 Å². The number of nitrogens with zero attached hydrogens (tertiary/aromatic N) is 2. The van der Waals surface area contributed by atoms with E-state index in [2.05, 4.69) is 48.3 Å². The highest BCUT2D eigenvalue weighted by atomic mass is 16.5. The Morgan fingerprint density at radius 2 is 1.84 bits per heavy atom. The van der Waals surface area contributed by atoms with Crippen LogP contribution in [0.15, 0.2) is 28.8 Å². The first-order chi connectivity index (χ1) is 9.15. The Morgan fingerprint density at radius 3 is 2.42 bits per heavy atom. The van der Waals surface area contributed by atoms with E-state index in [1.165, 1.54) is 11.1 Å². The van der Waals surface area contributed by atoms with Crippen LogP contribution in [0.3, 0.4) is 0 Å². The molecule has 0 saturated carbocycles. The predicted molar refractivity (Wildman–Crippen MR) is 72.7 cm³/mol. The van der Waals surface area contributed by atoms with Crippen molar-refractivity contribution in [2.24, 2.45) is 11.7 Å². The Morgan fingerprint density at radius 1 is 1.21 bits per heavy atom. The Balaban J connectivity index is 1.79. The van der Waals surface area contributed by atoms with E-state index in [-0.39, 0.29) is 6.04 Å². The molecular formula is C15H19N3O. The summed E-state index contributed by atoms with van der Waals surface area (Å²) in [7, 11) is 0. The lowest BCUT2D eigenvalue weighted by atomic mass is 10.0. The first kappa shape index (κ1) is 12.4. The minimum Gasteiger partial charge on any atom is -0.338 e. The standard InChI is InChI=1S/C15H19N3O/c1-9(2)13(16)15-17-14(18-19-15)12-7-10-5-3-4-6-11(10)8-12/h3-6,9,12-13H,7-8,16H2,1-2H3/t13-/m0/s1. The van der Waals surface area contributed by atoms with Gasteiger partial charge in [-0.05, 0) is 29.9 Å². The molecule has 0 unspecified atom stereocenters. The predicted octanol–water partition coefficient (Wildman–Crippen LogP) is 2.61. The van der Waals surface area contributed by atoms with Gasteiger partial charge in [0.2, 0.25) is 5.89 Å². The number of aromatic nitrogens is 2. The fraction of sp³-hybridized carbons (Fsp3) is 0.467. The summed E-state index contributed by atoms with van der Waals surface area (Å²) < 4.78 is 5.31. The normalized spacial score (nSPS) is 16.8. The molecule has 4 nitrogen and oxygen atoms in total. The summed E-state index contributed by atoms with van der Waals surface area (Å²) in [4.78, 5) is 4.49. The number of hydrogen-bond donors (Lipinski definition) is 1. The van der Waals surface area contributed by atoms with Crippen molar-refractivity contribution in [2.75, 3.05) is 0 Å². The lowest BCUT2D eigenvalue weighted by molar-refractivity contribution is 0.321. The van der Waals surface area contributed by atoms with Crippen LogP contribution in [0.25, 0.3) is 0 Å². The van der Waals surface area contributed by atoms with Gasteiger partial charge in [0.05, 0.1) is 6.04 Å². The van der Waals surface area contributed by atoms with Gasteiger partial charge in [0.15, 0.2) is 5.82 Å². The number of nitrogens with two attached hydrogens (primary N) is 1. The minimum absolute atomic E-state index is 0.176. The Labute approximate surface area is 113 Å². The van der Waals surface area contributed by atoms with Crippen LogP contribution in [0.2, 0.25) is 0 Å². The maximum atomic E-state index is 6.04. The van der Waals surface area contributed by atoms with Gasteiger partial charge in [-0.25, -0.2) is 0 Å². The average Bonchev–Trinajstić information content (AvgIpc) is 3.03. The molecule has 1 aromatic heterocycles. The average molecular weight is 257 g/mol. The lowest BCUT2D eigenvalue weighted by Crippen LogP contribution is -2.17. The van der Waals surface area contributed by atoms with E-state index in [4.69, 9.17) is 10.3 Å². The summed E-state index contributed by atoms with van der Waals surface area (Å²) in [6.45, 7) is 4.11. The van der Waals surface area contributed by atoms with E-state index in [0.29, 0.717) is 17.7 Å². The molecule has 0 spiro atoms. The Bertz CT molecular complexity index is 551. The molecule has 0 amide bonds. The SMILES string of the molecule is CC(C)[C@H](N)c1nc(C2Cc3ccccc3C2)no1. The molecule has 4 heteroatoms. The molecule has 100 valence electrons. The van der Waals surface area contributed by atoms with Crippen molar-refractivity contribution in [1.29, 1.82) is 0 Å². The molecule has 19 heavy (non-hydrogen) atoms. The van der Waals surface area contributed by atoms with Crippen molar-refractivity contribution in [2.45, 2.75) is 38.6 Å². The number of hydrogen-bond acceptors (Lipinski definition) is 4. The molecule has 0 bridgehead atoms. The minimum atomic E-state index is -0.176. The van der Waals surface area contributed by atoms with Gasteiger partial charge in [-0.3, -0.25) is 0 Å². The van der Waals surface area contributed by atoms with Crippen molar-refractivity contribution < 1.29 is 4.52 Å². The molecule has 3 rings (SSSR count). The van der Waals surface area contributed by atoms with E-state index in [1.54, 1.807) is 0 Å². The Kier molecular flexibility index (Phi) is 3.11. The van der Waals surface area contributed by atoms with Crippen molar-refractivity contribution in [3.05, 3.63) is 47.1 Å². The maximum Gasteiger partial charge on any atom is 0.243 e. The van der Waals surface area contributed by atoms with Crippen LogP contribution < -0.4 is 5.73 Å². The summed E-state index contributed by atoms with van der Waals surface area (Å²) in [5, 5.41) is 4.12. The summed E-state index contributed by atoms with van der Waals surface area (Å²) in [5.74, 6) is 1.98. The van der Waals surface area contributed by atoms with E-state index >= 15 is 0 Å². The van der Waals surface area contributed by atoms with Gasteiger partial charge in [-0.2, -0.15) is 4.98 Å². The quantitative estimate of drug-likeness (QED) is 0.918. The highest BCUT2D eigenvalue weighted by Gasteiger charge is 2.28. The lowest BCUT2D eigenvalue weighted by Gasteiger charge is -2.09. The second-order valence-electron chi connectivity index (χ2n) is 5.63. The molecule has 1 heterocycles. The van der Waals surface area contributed by atoms with Crippen LogP contribution in [0.5, 0.6) is 0 Å². The van der Waals surface area contributed by atoms with Crippen LogP contribution in [0.4, 0.5) is 0 Å². The van der Waals surface area contributed by atoms with Gasteiger partial charge in [0.25, 0.3) is 0 Å². The fourth-order valence-corrected chi connectivity index (χ4v) is 2.58. The first-order valence-electron chi connectivity index (χ1n) is 6.81. The summed E-state index contributed by atoms with van der Waals surface area (Å²) in [6, 6.07) is 8.34. The van der Waals surface area contributed by atoms with Crippen molar-refractivity contribution in [3.63, 3.8) is 0 Å². The zero-order valence-corrected chi connectivity index (χ0v) is 11.3. The zero-order chi connectivity index (χ0) is 13.4. The second-order valence-corrected chi connectivity index (χ2v) is 5.63. The monoisotopic (exact) mass is 257 g/mol. The topological polar surface area (TPSA) is 64.9 Å². The van der Waals surface area contributed by atoms with E-state index in [1.807, 2.05) is 0 Å². The van der Waals surface area contributed by atoms with Gasteiger partial charge in [-0.15, -0.1) is 0 Å². The first-order valence-corrected chi connectivity index (χ1v) is 6.81. The van der Waals surface area contributed by atoms with Crippen LogP contribution >= 0.6 is 0 Å². The van der Waals surface area contributed by atoms with Gasteiger partial charge in [0.1, 0.15) is 0 Å². The molecular weight excluding hydrogens is 238 g/mol. The smallest absolute Gasteiger partial charge is 0.243 e. The highest BCUT2D eigenvalue weighted by molar-refractivity contribution is 5.34. The molecule has 1 aliphatic carbocycles. The van der Waals surface area contributed by atoms with E-state index in [0.717, 1.165) is 18.7 Å². The highest BCUT2D eigenvalue weighted by Crippen LogP contribution is 2.32. The van der Waals surface area contributed by atoms with Crippen LogP contribution in [0.1, 0.15) is 48.6 Å². The fourth-order valence-electron chi connectivity index (χ4n) is 2.58. The van der Waals surface area contributed by atoms with Gasteiger partial charge in [0, 0.05) is 5.92 Å². The molecule has 1 aromatic carbocycles. The van der Waals surface area contributed by atoms with Gasteiger partial charge in [-0.1, -0.05) is 43.3 Å². The van der Waals surface area contributed by atoms with Crippen molar-refractivity contribution >= 4 is 0 Å². The molecule has 0 fully saturated rings. The van der Waals surface area contributed by atoms with E-state index in [9.17, 15) is 0 Å². The Hall–Kier alpha value is -1.68. The molecule has 2 N–H and O–H groups in total. The maximum absolute atomic E-state index is 6.04. The molecule has 0 saturated heterocycles. The van der Waals surface area contributed by atoms with Crippen LogP contribution in [0, 0.1) is 5.92 Å². The number of rotatable bonds is 3. The zero-order valence-electron chi connectivity index (χ0n) is 11.3. The molecule has 1 atom stereocenters. The third kappa shape index (κ3) is 2.28. The second kappa shape index (κ2) is 4.78. The largest absolute Gasteiger partial charge is 0.338 e. The van der Waals surface area contributed by atoms with Gasteiger partial charge >= 0.3 is 0 Å². The van der Waals surface area contributed by atoms with Crippen LogP contribution in [-0.4, -0.2) is 10.1 Å². The number of fused-ring (bicyclic) bond motifs is 1. The third-order valence-electron chi connectivity index (χ3n) is 3.88. The molecule has 0 radical (unpaired) electrons. The summed E-state index contributed by atoms with van der Waals surface area (Å²) in [6.07, 6.45) is 1.98. The van der Waals surface area contributed by atoms with Gasteiger partial charge < -0.3 is 10.3 Å². The molecule has 2 aromatic rings.